The van der Waals surface area contributed by atoms with Gasteiger partial charge in [0, 0.05) is 12.1 Å². The molecular weight excluding hydrogens is 222 g/mol. The van der Waals surface area contributed by atoms with E-state index in [1.54, 1.807) is 6.07 Å². The first kappa shape index (κ1) is 13.2. The van der Waals surface area contributed by atoms with Gasteiger partial charge in [-0.3, -0.25) is 0 Å². The van der Waals surface area contributed by atoms with Crippen molar-refractivity contribution in [3.05, 3.63) is 17.0 Å². The first-order valence-electron chi connectivity index (χ1n) is 5.84. The summed E-state index contributed by atoms with van der Waals surface area (Å²) < 4.78 is 0. The average molecular weight is 242 g/mol. The number of aryl methyl sites for hydroxylation is 1. The van der Waals surface area contributed by atoms with Crippen molar-refractivity contribution in [1.29, 1.82) is 0 Å². The van der Waals surface area contributed by atoms with Gasteiger partial charge in [-0.05, 0) is 19.8 Å². The van der Waals surface area contributed by atoms with E-state index >= 15 is 0 Å². The van der Waals surface area contributed by atoms with E-state index in [1.807, 2.05) is 6.92 Å². The van der Waals surface area contributed by atoms with Crippen LogP contribution < -0.4 is 5.32 Å². The minimum atomic E-state index is 0.403. The lowest BCUT2D eigenvalue weighted by atomic mass is 9.95. The molecule has 90 valence electrons. The van der Waals surface area contributed by atoms with Crippen LogP contribution in [-0.4, -0.2) is 16.0 Å². The second-order valence-electron chi connectivity index (χ2n) is 4.13. The molecule has 0 fully saturated rings. The number of aromatic nitrogens is 2. The van der Waals surface area contributed by atoms with Gasteiger partial charge >= 0.3 is 0 Å². The highest BCUT2D eigenvalue weighted by Gasteiger charge is 2.13. The first-order valence-corrected chi connectivity index (χ1v) is 6.22. The molecule has 0 spiro atoms. The predicted octanol–water partition coefficient (Wildman–Crippen LogP) is 3.68. The summed E-state index contributed by atoms with van der Waals surface area (Å²) in [5, 5.41) is 3.88. The summed E-state index contributed by atoms with van der Waals surface area (Å²) in [7, 11) is 0. The standard InChI is InChI=1S/C12H20ClN3/c1-5-10(6-2)8(3)14-12-7-11(13)15-9(4)16-12/h7-8,10H,5-6H2,1-4H3,(H,14,15,16). The van der Waals surface area contributed by atoms with Crippen LogP contribution in [0.15, 0.2) is 6.07 Å². The van der Waals surface area contributed by atoms with Crippen LogP contribution in [0, 0.1) is 12.8 Å². The Bertz CT molecular complexity index is 317. The van der Waals surface area contributed by atoms with Crippen molar-refractivity contribution in [3.8, 4) is 0 Å². The summed E-state index contributed by atoms with van der Waals surface area (Å²) >= 11 is 5.89. The monoisotopic (exact) mass is 241 g/mol. The Morgan fingerprint density at radius 2 is 1.94 bits per heavy atom. The summed E-state index contributed by atoms with van der Waals surface area (Å²) in [5.74, 6) is 2.18. The van der Waals surface area contributed by atoms with E-state index in [9.17, 15) is 0 Å². The number of hydrogen-bond donors (Lipinski definition) is 1. The minimum absolute atomic E-state index is 0.403. The zero-order chi connectivity index (χ0) is 12.1. The van der Waals surface area contributed by atoms with Crippen molar-refractivity contribution in [2.24, 2.45) is 5.92 Å². The number of anilines is 1. The summed E-state index contributed by atoms with van der Waals surface area (Å²) in [5.41, 5.74) is 0. The number of hydrogen-bond acceptors (Lipinski definition) is 3. The van der Waals surface area contributed by atoms with Crippen LogP contribution in [0.3, 0.4) is 0 Å². The van der Waals surface area contributed by atoms with Crippen LogP contribution in [-0.2, 0) is 0 Å². The molecule has 1 heterocycles. The van der Waals surface area contributed by atoms with Crippen LogP contribution in [0.5, 0.6) is 0 Å². The summed E-state index contributed by atoms with van der Waals surface area (Å²) in [4.78, 5) is 8.36. The Morgan fingerprint density at radius 1 is 1.31 bits per heavy atom. The zero-order valence-electron chi connectivity index (χ0n) is 10.4. The van der Waals surface area contributed by atoms with Crippen LogP contribution >= 0.6 is 11.6 Å². The maximum Gasteiger partial charge on any atom is 0.134 e. The lowest BCUT2D eigenvalue weighted by Gasteiger charge is -2.23. The Hall–Kier alpha value is -0.830. The highest BCUT2D eigenvalue weighted by atomic mass is 35.5. The van der Waals surface area contributed by atoms with Gasteiger partial charge in [-0.1, -0.05) is 38.3 Å². The van der Waals surface area contributed by atoms with Crippen molar-refractivity contribution in [3.63, 3.8) is 0 Å². The molecule has 16 heavy (non-hydrogen) atoms. The maximum absolute atomic E-state index is 5.89. The Balaban J connectivity index is 2.72. The molecule has 0 saturated heterocycles. The molecule has 1 atom stereocenters. The topological polar surface area (TPSA) is 37.8 Å². The van der Waals surface area contributed by atoms with Gasteiger partial charge in [0.2, 0.25) is 0 Å². The lowest BCUT2D eigenvalue weighted by molar-refractivity contribution is 0.437. The molecule has 0 aliphatic carbocycles. The van der Waals surface area contributed by atoms with Crippen LogP contribution in [0.25, 0.3) is 0 Å². The van der Waals surface area contributed by atoms with E-state index in [1.165, 1.54) is 12.8 Å². The summed E-state index contributed by atoms with van der Waals surface area (Å²) in [6.45, 7) is 8.46. The summed E-state index contributed by atoms with van der Waals surface area (Å²) in [6.07, 6.45) is 2.34. The van der Waals surface area contributed by atoms with Gasteiger partial charge in [-0.15, -0.1) is 0 Å². The highest BCUT2D eigenvalue weighted by molar-refractivity contribution is 6.29. The highest BCUT2D eigenvalue weighted by Crippen LogP contribution is 2.18. The molecule has 0 saturated carbocycles. The van der Waals surface area contributed by atoms with Crippen molar-refractivity contribution < 1.29 is 0 Å². The fraction of sp³-hybridized carbons (Fsp3) is 0.667. The smallest absolute Gasteiger partial charge is 0.134 e. The van der Waals surface area contributed by atoms with Crippen LogP contribution in [0.2, 0.25) is 5.15 Å². The van der Waals surface area contributed by atoms with Gasteiger partial charge in [-0.2, -0.15) is 0 Å². The minimum Gasteiger partial charge on any atom is -0.367 e. The van der Waals surface area contributed by atoms with E-state index in [2.05, 4.69) is 36.1 Å². The Morgan fingerprint density at radius 3 is 2.44 bits per heavy atom. The molecule has 1 aromatic rings. The maximum atomic E-state index is 5.89. The SMILES string of the molecule is CCC(CC)C(C)Nc1cc(Cl)nc(C)n1. The third-order valence-corrected chi connectivity index (χ3v) is 3.13. The van der Waals surface area contributed by atoms with E-state index in [0.717, 1.165) is 5.82 Å². The molecule has 0 aromatic carbocycles. The molecule has 0 aliphatic rings. The normalized spacial score (nSPS) is 12.9. The van der Waals surface area contributed by atoms with Crippen molar-refractivity contribution in [2.75, 3.05) is 5.32 Å². The third kappa shape index (κ3) is 3.63. The molecule has 1 N–H and O–H groups in total. The molecule has 0 bridgehead atoms. The predicted molar refractivity (Wildman–Crippen MR) is 68.9 cm³/mol. The summed E-state index contributed by atoms with van der Waals surface area (Å²) in [6, 6.07) is 2.17. The number of rotatable bonds is 5. The molecule has 1 unspecified atom stereocenters. The lowest BCUT2D eigenvalue weighted by Crippen LogP contribution is -2.25. The molecular formula is C12H20ClN3. The zero-order valence-corrected chi connectivity index (χ0v) is 11.2. The van der Waals surface area contributed by atoms with Gasteiger partial charge in [-0.25, -0.2) is 9.97 Å². The fourth-order valence-electron chi connectivity index (χ4n) is 1.95. The quantitative estimate of drug-likeness (QED) is 0.800. The largest absolute Gasteiger partial charge is 0.367 e. The molecule has 0 amide bonds. The fourth-order valence-corrected chi connectivity index (χ4v) is 2.18. The van der Waals surface area contributed by atoms with E-state index in [0.29, 0.717) is 22.9 Å². The third-order valence-electron chi connectivity index (χ3n) is 2.94. The molecule has 1 aromatic heterocycles. The molecule has 1 rings (SSSR count). The number of nitrogens with one attached hydrogen (secondary N) is 1. The second kappa shape index (κ2) is 6.04. The Labute approximate surface area is 103 Å². The number of halogens is 1. The van der Waals surface area contributed by atoms with Crippen molar-refractivity contribution >= 4 is 17.4 Å². The van der Waals surface area contributed by atoms with Crippen molar-refractivity contribution in [2.45, 2.75) is 46.6 Å². The van der Waals surface area contributed by atoms with Gasteiger partial charge < -0.3 is 5.32 Å². The molecule has 0 aliphatic heterocycles. The van der Waals surface area contributed by atoms with E-state index in [-0.39, 0.29) is 0 Å². The van der Waals surface area contributed by atoms with E-state index < -0.39 is 0 Å². The van der Waals surface area contributed by atoms with Gasteiger partial charge in [0.05, 0.1) is 0 Å². The number of nitrogens with zero attached hydrogens (tertiary/aromatic N) is 2. The van der Waals surface area contributed by atoms with Gasteiger partial charge in [0.25, 0.3) is 0 Å². The Kier molecular flexibility index (Phi) is 5.00. The molecule has 0 radical (unpaired) electrons. The molecule has 3 nitrogen and oxygen atoms in total. The van der Waals surface area contributed by atoms with Crippen LogP contribution in [0.4, 0.5) is 5.82 Å². The first-order chi connectivity index (χ1) is 7.56. The van der Waals surface area contributed by atoms with Crippen LogP contribution in [0.1, 0.15) is 39.4 Å². The van der Waals surface area contributed by atoms with E-state index in [4.69, 9.17) is 11.6 Å². The second-order valence-corrected chi connectivity index (χ2v) is 4.52. The average Bonchev–Trinajstić information content (AvgIpc) is 2.17. The van der Waals surface area contributed by atoms with Crippen molar-refractivity contribution in [1.82, 2.24) is 9.97 Å². The van der Waals surface area contributed by atoms with Gasteiger partial charge in [0.15, 0.2) is 0 Å². The van der Waals surface area contributed by atoms with Gasteiger partial charge in [0.1, 0.15) is 16.8 Å². The molecule has 4 heteroatoms.